The van der Waals surface area contributed by atoms with Gasteiger partial charge in [0.1, 0.15) is 5.82 Å². The first kappa shape index (κ1) is 25.5. The van der Waals surface area contributed by atoms with E-state index in [1.165, 1.54) is 28.6 Å². The van der Waals surface area contributed by atoms with Crippen LogP contribution in [-0.2, 0) is 32.6 Å². The Morgan fingerprint density at radius 2 is 1.67 bits per heavy atom. The summed E-state index contributed by atoms with van der Waals surface area (Å²) in [6.45, 7) is 2.19. The molecule has 0 bridgehead atoms. The summed E-state index contributed by atoms with van der Waals surface area (Å²) in [4.78, 5) is 24.6. The van der Waals surface area contributed by atoms with Crippen LogP contribution in [0.4, 0.5) is 10.1 Å². The number of nitrogens with one attached hydrogen (secondary N) is 2. The van der Waals surface area contributed by atoms with E-state index in [2.05, 4.69) is 10.6 Å². The first-order chi connectivity index (χ1) is 17.3. The number of hydrogen-bond donors (Lipinski definition) is 2. The summed E-state index contributed by atoms with van der Waals surface area (Å²) in [7, 11) is -3.92. The molecule has 0 aromatic heterocycles. The molecule has 9 heteroatoms. The van der Waals surface area contributed by atoms with Crippen molar-refractivity contribution < 1.29 is 22.4 Å². The molecule has 0 spiro atoms. The molecular formula is C27H28FN3O4S. The molecule has 3 aromatic carbocycles. The molecule has 2 amide bonds. The Hall–Kier alpha value is -3.56. The zero-order valence-electron chi connectivity index (χ0n) is 19.9. The van der Waals surface area contributed by atoms with Gasteiger partial charge < -0.3 is 10.6 Å². The molecule has 4 rings (SSSR count). The van der Waals surface area contributed by atoms with Crippen LogP contribution in [0.25, 0.3) is 0 Å². The largest absolute Gasteiger partial charge is 0.352 e. The van der Waals surface area contributed by atoms with Crippen LogP contribution in [0.3, 0.4) is 0 Å². The number of nitrogens with zero attached hydrogens (tertiary/aromatic N) is 1. The number of rotatable bonds is 8. The van der Waals surface area contributed by atoms with Crippen molar-refractivity contribution in [2.24, 2.45) is 0 Å². The Balaban J connectivity index is 1.56. The third-order valence-electron chi connectivity index (χ3n) is 6.21. The van der Waals surface area contributed by atoms with E-state index in [-0.39, 0.29) is 42.0 Å². The summed E-state index contributed by atoms with van der Waals surface area (Å²) < 4.78 is 41.9. The van der Waals surface area contributed by atoms with Gasteiger partial charge in [-0.25, -0.2) is 12.8 Å². The average Bonchev–Trinajstić information content (AvgIpc) is 2.88. The van der Waals surface area contributed by atoms with E-state index in [1.807, 2.05) is 24.3 Å². The third-order valence-corrected chi connectivity index (χ3v) is 8.13. The van der Waals surface area contributed by atoms with Crippen molar-refractivity contribution in [3.63, 3.8) is 0 Å². The fourth-order valence-electron chi connectivity index (χ4n) is 4.27. The van der Waals surface area contributed by atoms with Crippen LogP contribution in [0.2, 0.25) is 0 Å². The summed E-state index contributed by atoms with van der Waals surface area (Å²) in [6.07, 6.45) is 0.800. The Morgan fingerprint density at radius 1 is 0.972 bits per heavy atom. The predicted molar refractivity (Wildman–Crippen MR) is 135 cm³/mol. The van der Waals surface area contributed by atoms with Gasteiger partial charge in [-0.2, -0.15) is 4.31 Å². The zero-order valence-corrected chi connectivity index (χ0v) is 20.7. The van der Waals surface area contributed by atoms with Gasteiger partial charge in [0.05, 0.1) is 10.9 Å². The van der Waals surface area contributed by atoms with Crippen molar-refractivity contribution >= 4 is 27.5 Å². The molecule has 0 radical (unpaired) electrons. The van der Waals surface area contributed by atoms with Crippen LogP contribution in [0.5, 0.6) is 0 Å². The van der Waals surface area contributed by atoms with Gasteiger partial charge in [0, 0.05) is 31.6 Å². The highest BCUT2D eigenvalue weighted by Gasteiger charge is 2.37. The molecule has 1 heterocycles. The minimum Gasteiger partial charge on any atom is -0.352 e. The average molecular weight is 510 g/mol. The second kappa shape index (κ2) is 11.0. The van der Waals surface area contributed by atoms with Crippen LogP contribution >= 0.6 is 0 Å². The molecule has 1 atom stereocenters. The van der Waals surface area contributed by atoms with Crippen LogP contribution < -0.4 is 10.6 Å². The van der Waals surface area contributed by atoms with Gasteiger partial charge in [-0.3, -0.25) is 9.59 Å². The number of carbonyl (C=O) groups is 2. The van der Waals surface area contributed by atoms with Crippen LogP contribution in [-0.4, -0.2) is 31.1 Å². The fourth-order valence-corrected chi connectivity index (χ4v) is 5.88. The van der Waals surface area contributed by atoms with Gasteiger partial charge in [0.15, 0.2) is 0 Å². The molecule has 188 valence electrons. The lowest BCUT2D eigenvalue weighted by Crippen LogP contribution is -2.42. The normalized spacial score (nSPS) is 15.7. The van der Waals surface area contributed by atoms with E-state index in [0.29, 0.717) is 18.5 Å². The maximum Gasteiger partial charge on any atom is 0.243 e. The third kappa shape index (κ3) is 5.80. The van der Waals surface area contributed by atoms with E-state index in [1.54, 1.807) is 31.2 Å². The van der Waals surface area contributed by atoms with Crippen LogP contribution in [0.15, 0.2) is 77.7 Å². The lowest BCUT2D eigenvalue weighted by molar-refractivity contribution is -0.122. The summed E-state index contributed by atoms with van der Waals surface area (Å²) >= 11 is 0. The molecule has 36 heavy (non-hydrogen) atoms. The SMILES string of the molecule is CCC(=O)Nc1ccc(S(=O)(=O)N2CCc3ccccc3[C@H]2CC(=O)NCc2ccc(F)cc2)cc1. The fraction of sp³-hybridized carbons (Fsp3) is 0.259. The highest BCUT2D eigenvalue weighted by Crippen LogP contribution is 2.36. The lowest BCUT2D eigenvalue weighted by Gasteiger charge is -2.36. The molecule has 3 aromatic rings. The molecule has 0 fully saturated rings. The Bertz CT molecular complexity index is 1340. The molecular weight excluding hydrogens is 481 g/mol. The quantitative estimate of drug-likeness (QED) is 0.477. The number of amides is 2. The van der Waals surface area contributed by atoms with Gasteiger partial charge in [-0.15, -0.1) is 0 Å². The number of anilines is 1. The summed E-state index contributed by atoms with van der Waals surface area (Å²) in [5, 5.41) is 5.52. The van der Waals surface area contributed by atoms with Gasteiger partial charge in [-0.05, 0) is 59.5 Å². The van der Waals surface area contributed by atoms with E-state index in [4.69, 9.17) is 0 Å². The first-order valence-corrected chi connectivity index (χ1v) is 13.2. The predicted octanol–water partition coefficient (Wildman–Crippen LogP) is 4.17. The zero-order chi connectivity index (χ0) is 25.7. The highest BCUT2D eigenvalue weighted by atomic mass is 32.2. The first-order valence-electron chi connectivity index (χ1n) is 11.8. The minimum atomic E-state index is -3.92. The molecule has 0 saturated carbocycles. The number of hydrogen-bond acceptors (Lipinski definition) is 4. The molecule has 1 aliphatic heterocycles. The highest BCUT2D eigenvalue weighted by molar-refractivity contribution is 7.89. The van der Waals surface area contributed by atoms with Crippen molar-refractivity contribution in [2.45, 2.75) is 43.7 Å². The van der Waals surface area contributed by atoms with Gasteiger partial charge in [0.2, 0.25) is 21.8 Å². The van der Waals surface area contributed by atoms with Gasteiger partial charge in [-0.1, -0.05) is 43.3 Å². The maximum absolute atomic E-state index is 13.7. The standard InChI is InChI=1S/C27H28FN3O4S/c1-2-26(32)30-22-11-13-23(14-12-22)36(34,35)31-16-15-20-5-3-4-6-24(20)25(31)17-27(33)29-18-19-7-9-21(28)10-8-19/h3-14,25H,2,15-18H2,1H3,(H,29,33)(H,30,32)/t25-/m1/s1. The van der Waals surface area contributed by atoms with E-state index in [0.717, 1.165) is 16.7 Å². The molecule has 2 N–H and O–H groups in total. The second-order valence-corrected chi connectivity index (χ2v) is 10.5. The van der Waals surface area contributed by atoms with Gasteiger partial charge in [0.25, 0.3) is 0 Å². The molecule has 7 nitrogen and oxygen atoms in total. The van der Waals surface area contributed by atoms with Crippen molar-refractivity contribution in [3.05, 3.63) is 95.3 Å². The Kier molecular flexibility index (Phi) is 7.81. The van der Waals surface area contributed by atoms with Crippen LogP contribution in [0, 0.1) is 5.82 Å². The molecule has 0 saturated heterocycles. The maximum atomic E-state index is 13.7. The molecule has 0 aliphatic carbocycles. The van der Waals surface area contributed by atoms with Crippen LogP contribution in [0.1, 0.15) is 42.5 Å². The monoisotopic (exact) mass is 509 g/mol. The minimum absolute atomic E-state index is 0.0535. The topological polar surface area (TPSA) is 95.6 Å². The molecule has 1 aliphatic rings. The Labute approximate surface area is 210 Å². The van der Waals surface area contributed by atoms with Crippen molar-refractivity contribution in [1.29, 1.82) is 0 Å². The van der Waals surface area contributed by atoms with Crippen molar-refractivity contribution in [2.75, 3.05) is 11.9 Å². The summed E-state index contributed by atoms with van der Waals surface area (Å²) in [6, 6.07) is 18.8. The number of halogens is 1. The number of sulfonamides is 1. The smallest absolute Gasteiger partial charge is 0.243 e. The van der Waals surface area contributed by atoms with Gasteiger partial charge >= 0.3 is 0 Å². The summed E-state index contributed by atoms with van der Waals surface area (Å²) in [5.41, 5.74) is 3.07. The van der Waals surface area contributed by atoms with E-state index in [9.17, 15) is 22.4 Å². The summed E-state index contributed by atoms with van der Waals surface area (Å²) in [5.74, 6) is -0.825. The number of benzene rings is 3. The second-order valence-electron chi connectivity index (χ2n) is 8.61. The Morgan fingerprint density at radius 3 is 2.36 bits per heavy atom. The van der Waals surface area contributed by atoms with Crippen molar-refractivity contribution in [1.82, 2.24) is 9.62 Å². The molecule has 0 unspecified atom stereocenters. The van der Waals surface area contributed by atoms with E-state index < -0.39 is 16.1 Å². The number of carbonyl (C=O) groups excluding carboxylic acids is 2. The number of fused-ring (bicyclic) bond motifs is 1. The van der Waals surface area contributed by atoms with E-state index >= 15 is 0 Å². The van der Waals surface area contributed by atoms with Crippen molar-refractivity contribution in [3.8, 4) is 0 Å². The lowest BCUT2D eigenvalue weighted by atomic mass is 9.92.